The number of alkyl halides is 3. The fourth-order valence-corrected chi connectivity index (χ4v) is 2.57. The Labute approximate surface area is 106 Å². The summed E-state index contributed by atoms with van der Waals surface area (Å²) >= 11 is 0. The highest BCUT2D eigenvalue weighted by Gasteiger charge is 2.43. The maximum atomic E-state index is 12.8. The van der Waals surface area contributed by atoms with Gasteiger partial charge < -0.3 is 5.73 Å². The molecule has 1 aliphatic heterocycles. The standard InChI is InChI=1S/C12H22F3N3/c1-2-5-9-6-3-4-7-18(9)8-10(11(16)17)12(13,14)15/h9-10H,2-8H2,1H3,(H3,16,17). The summed E-state index contributed by atoms with van der Waals surface area (Å²) in [5, 5.41) is 7.12. The normalized spacial score (nSPS) is 23.9. The summed E-state index contributed by atoms with van der Waals surface area (Å²) in [6.45, 7) is 2.56. The Morgan fingerprint density at radius 3 is 2.61 bits per heavy atom. The molecule has 3 N–H and O–H groups in total. The fraction of sp³-hybridized carbons (Fsp3) is 0.917. The van der Waals surface area contributed by atoms with Crippen LogP contribution in [0.4, 0.5) is 13.2 Å². The first-order valence-corrected chi connectivity index (χ1v) is 6.51. The average molecular weight is 265 g/mol. The van der Waals surface area contributed by atoms with Crippen molar-refractivity contribution in [1.82, 2.24) is 4.90 Å². The van der Waals surface area contributed by atoms with Gasteiger partial charge in [0.25, 0.3) is 0 Å². The number of hydrogen-bond acceptors (Lipinski definition) is 2. The van der Waals surface area contributed by atoms with E-state index in [4.69, 9.17) is 11.1 Å². The van der Waals surface area contributed by atoms with Crippen LogP contribution in [0.5, 0.6) is 0 Å². The van der Waals surface area contributed by atoms with Crippen molar-refractivity contribution in [2.24, 2.45) is 11.7 Å². The van der Waals surface area contributed by atoms with Gasteiger partial charge in [0.15, 0.2) is 0 Å². The zero-order chi connectivity index (χ0) is 13.8. The molecule has 1 saturated heterocycles. The highest BCUT2D eigenvalue weighted by atomic mass is 19.4. The van der Waals surface area contributed by atoms with Crippen LogP contribution in [0, 0.1) is 11.3 Å². The van der Waals surface area contributed by atoms with Gasteiger partial charge in [-0.3, -0.25) is 10.3 Å². The third-order valence-corrected chi connectivity index (χ3v) is 3.56. The topological polar surface area (TPSA) is 53.1 Å². The minimum absolute atomic E-state index is 0.163. The number of hydrogen-bond donors (Lipinski definition) is 2. The van der Waals surface area contributed by atoms with Crippen molar-refractivity contribution < 1.29 is 13.2 Å². The van der Waals surface area contributed by atoms with Crippen molar-refractivity contribution in [1.29, 1.82) is 5.41 Å². The first kappa shape index (κ1) is 15.3. The molecule has 0 aliphatic carbocycles. The van der Waals surface area contributed by atoms with Crippen LogP contribution >= 0.6 is 0 Å². The van der Waals surface area contributed by atoms with Gasteiger partial charge >= 0.3 is 6.18 Å². The van der Waals surface area contributed by atoms with E-state index in [1.54, 1.807) is 0 Å². The van der Waals surface area contributed by atoms with E-state index in [1.807, 2.05) is 11.8 Å². The first-order chi connectivity index (χ1) is 8.36. The highest BCUT2D eigenvalue weighted by molar-refractivity contribution is 5.80. The molecule has 0 spiro atoms. The van der Waals surface area contributed by atoms with Gasteiger partial charge in [-0.2, -0.15) is 13.2 Å². The Morgan fingerprint density at radius 1 is 1.44 bits per heavy atom. The van der Waals surface area contributed by atoms with Gasteiger partial charge in [-0.1, -0.05) is 19.8 Å². The number of piperidine rings is 1. The van der Waals surface area contributed by atoms with Crippen LogP contribution in [-0.4, -0.2) is 36.0 Å². The van der Waals surface area contributed by atoms with Crippen LogP contribution in [0.15, 0.2) is 0 Å². The van der Waals surface area contributed by atoms with Crippen LogP contribution in [0.3, 0.4) is 0 Å². The van der Waals surface area contributed by atoms with Gasteiger partial charge in [-0.05, 0) is 25.8 Å². The van der Waals surface area contributed by atoms with Gasteiger partial charge in [0.2, 0.25) is 0 Å². The molecule has 0 aromatic rings. The van der Waals surface area contributed by atoms with Crippen LogP contribution in [0.1, 0.15) is 39.0 Å². The van der Waals surface area contributed by atoms with Crippen molar-refractivity contribution in [2.75, 3.05) is 13.1 Å². The van der Waals surface area contributed by atoms with E-state index >= 15 is 0 Å². The third-order valence-electron chi connectivity index (χ3n) is 3.56. The molecule has 1 aliphatic rings. The SMILES string of the molecule is CCCC1CCCCN1CC(C(=N)N)C(F)(F)F. The largest absolute Gasteiger partial charge is 0.399 e. The second kappa shape index (κ2) is 6.41. The van der Waals surface area contributed by atoms with E-state index in [1.165, 1.54) is 0 Å². The number of nitrogens with zero attached hydrogens (tertiary/aromatic N) is 1. The smallest absolute Gasteiger partial charge is 0.387 e. The quantitative estimate of drug-likeness (QED) is 0.593. The second-order valence-corrected chi connectivity index (χ2v) is 4.98. The number of nitrogens with two attached hydrogens (primary N) is 1. The molecule has 2 atom stereocenters. The summed E-state index contributed by atoms with van der Waals surface area (Å²) in [4.78, 5) is 1.87. The number of nitrogens with one attached hydrogen (secondary N) is 1. The van der Waals surface area contributed by atoms with E-state index < -0.39 is 17.9 Å². The Morgan fingerprint density at radius 2 is 2.11 bits per heavy atom. The van der Waals surface area contributed by atoms with E-state index in [9.17, 15) is 13.2 Å². The van der Waals surface area contributed by atoms with E-state index in [0.29, 0.717) is 6.54 Å². The molecule has 0 aromatic carbocycles. The van der Waals surface area contributed by atoms with Crippen LogP contribution in [0.25, 0.3) is 0 Å². The van der Waals surface area contributed by atoms with Gasteiger partial charge in [0, 0.05) is 12.6 Å². The number of halogens is 3. The van der Waals surface area contributed by atoms with Gasteiger partial charge in [0.05, 0.1) is 0 Å². The highest BCUT2D eigenvalue weighted by Crippen LogP contribution is 2.30. The number of amidine groups is 1. The summed E-state index contributed by atoms with van der Waals surface area (Å²) in [5.74, 6) is -2.60. The van der Waals surface area contributed by atoms with Gasteiger partial charge in [0.1, 0.15) is 11.8 Å². The number of likely N-dealkylation sites (tertiary alicyclic amines) is 1. The second-order valence-electron chi connectivity index (χ2n) is 4.98. The molecule has 0 bridgehead atoms. The van der Waals surface area contributed by atoms with E-state index in [0.717, 1.165) is 32.1 Å². The Balaban J connectivity index is 2.69. The lowest BCUT2D eigenvalue weighted by Gasteiger charge is -2.38. The molecule has 18 heavy (non-hydrogen) atoms. The molecule has 1 fully saturated rings. The molecule has 6 heteroatoms. The summed E-state index contributed by atoms with van der Waals surface area (Å²) < 4.78 is 38.4. The molecule has 0 saturated carbocycles. The van der Waals surface area contributed by atoms with Crippen molar-refractivity contribution in [3.8, 4) is 0 Å². The predicted molar refractivity (Wildman–Crippen MR) is 65.6 cm³/mol. The van der Waals surface area contributed by atoms with Crippen LogP contribution < -0.4 is 5.73 Å². The first-order valence-electron chi connectivity index (χ1n) is 6.51. The molecular formula is C12H22F3N3. The van der Waals surface area contributed by atoms with Crippen LogP contribution in [-0.2, 0) is 0 Å². The van der Waals surface area contributed by atoms with Crippen molar-refractivity contribution in [3.05, 3.63) is 0 Å². The molecule has 106 valence electrons. The zero-order valence-electron chi connectivity index (χ0n) is 10.8. The third kappa shape index (κ3) is 4.15. The minimum Gasteiger partial charge on any atom is -0.387 e. The molecule has 1 rings (SSSR count). The Bertz CT molecular complexity index is 276. The lowest BCUT2D eigenvalue weighted by atomic mass is 9.96. The maximum absolute atomic E-state index is 12.8. The van der Waals surface area contributed by atoms with Crippen LogP contribution in [0.2, 0.25) is 0 Å². The summed E-state index contributed by atoms with van der Waals surface area (Å²) in [6, 6.07) is 0.216. The summed E-state index contributed by atoms with van der Waals surface area (Å²) in [5.41, 5.74) is 5.10. The molecule has 3 nitrogen and oxygen atoms in total. The monoisotopic (exact) mass is 265 g/mol. The molecule has 0 amide bonds. The molecule has 0 aromatic heterocycles. The van der Waals surface area contributed by atoms with Gasteiger partial charge in [-0.15, -0.1) is 0 Å². The summed E-state index contributed by atoms with van der Waals surface area (Å²) in [6.07, 6.45) is 0.442. The van der Waals surface area contributed by atoms with Crippen molar-refractivity contribution in [3.63, 3.8) is 0 Å². The lowest BCUT2D eigenvalue weighted by Crippen LogP contribution is -2.49. The molecular weight excluding hydrogens is 243 g/mol. The number of rotatable bonds is 5. The van der Waals surface area contributed by atoms with Gasteiger partial charge in [-0.25, -0.2) is 0 Å². The molecule has 0 radical (unpaired) electrons. The Hall–Kier alpha value is -0.780. The average Bonchev–Trinajstić information content (AvgIpc) is 2.26. The lowest BCUT2D eigenvalue weighted by molar-refractivity contribution is -0.162. The zero-order valence-corrected chi connectivity index (χ0v) is 10.8. The maximum Gasteiger partial charge on any atom is 0.399 e. The Kier molecular flexibility index (Phi) is 5.44. The van der Waals surface area contributed by atoms with E-state index in [-0.39, 0.29) is 12.6 Å². The van der Waals surface area contributed by atoms with Crippen molar-refractivity contribution >= 4 is 5.84 Å². The van der Waals surface area contributed by atoms with Crippen molar-refractivity contribution in [2.45, 2.75) is 51.2 Å². The van der Waals surface area contributed by atoms with E-state index in [2.05, 4.69) is 0 Å². The fourth-order valence-electron chi connectivity index (χ4n) is 2.57. The molecule has 2 unspecified atom stereocenters. The minimum atomic E-state index is -4.42. The molecule has 1 heterocycles. The summed E-state index contributed by atoms with van der Waals surface area (Å²) in [7, 11) is 0. The predicted octanol–water partition coefficient (Wildman–Crippen LogP) is 2.76.